The highest BCUT2D eigenvalue weighted by atomic mass is 32.2. The van der Waals surface area contributed by atoms with Crippen LogP contribution in [0.3, 0.4) is 0 Å². The Bertz CT molecular complexity index is 1030. The van der Waals surface area contributed by atoms with Gasteiger partial charge < -0.3 is 14.5 Å². The largest absolute Gasteiger partial charge is 0.465 e. The van der Waals surface area contributed by atoms with E-state index in [-0.39, 0.29) is 17.1 Å². The fourth-order valence-corrected chi connectivity index (χ4v) is 3.77. The lowest BCUT2D eigenvalue weighted by atomic mass is 10.2. The summed E-state index contributed by atoms with van der Waals surface area (Å²) in [6.07, 6.45) is 0.604. The number of aromatic nitrogens is 2. The molecule has 1 unspecified atom stereocenters. The summed E-state index contributed by atoms with van der Waals surface area (Å²) in [5.41, 5.74) is 1.78. The van der Waals surface area contributed by atoms with Crippen molar-refractivity contribution in [3.63, 3.8) is 0 Å². The van der Waals surface area contributed by atoms with E-state index >= 15 is 0 Å². The second-order valence-corrected chi connectivity index (χ2v) is 7.37. The minimum atomic E-state index is -0.350. The van der Waals surface area contributed by atoms with Crippen molar-refractivity contribution in [2.24, 2.45) is 0 Å². The Labute approximate surface area is 159 Å². The van der Waals surface area contributed by atoms with E-state index in [1.54, 1.807) is 24.3 Å². The predicted octanol–water partition coefficient (Wildman–Crippen LogP) is 3.50. The molecule has 7 nitrogen and oxygen atoms in total. The Morgan fingerprint density at radius 1 is 1.22 bits per heavy atom. The van der Waals surface area contributed by atoms with E-state index in [0.29, 0.717) is 46.4 Å². The van der Waals surface area contributed by atoms with Crippen molar-refractivity contribution >= 4 is 40.6 Å². The summed E-state index contributed by atoms with van der Waals surface area (Å²) in [4.78, 5) is 33.3. The normalized spacial score (nSPS) is 16.5. The van der Waals surface area contributed by atoms with E-state index in [0.717, 1.165) is 5.56 Å². The maximum Gasteiger partial charge on any atom is 0.319 e. The van der Waals surface area contributed by atoms with Crippen LogP contribution in [-0.4, -0.2) is 33.7 Å². The van der Waals surface area contributed by atoms with Gasteiger partial charge in [0.1, 0.15) is 16.8 Å². The SMILES string of the molecule is Cc1oc2nc(SC3CCOC3=O)nc(NC(=O)c3ccccc3)c2c1C. The van der Waals surface area contributed by atoms with Gasteiger partial charge in [0.2, 0.25) is 5.71 Å². The molecular weight excluding hydrogens is 366 g/mol. The Hall–Kier alpha value is -2.87. The van der Waals surface area contributed by atoms with Gasteiger partial charge >= 0.3 is 5.97 Å². The Kier molecular flexibility index (Phi) is 4.57. The number of fused-ring (bicyclic) bond motifs is 1. The zero-order valence-electron chi connectivity index (χ0n) is 14.8. The zero-order chi connectivity index (χ0) is 19.0. The molecule has 1 saturated heterocycles. The number of furan rings is 1. The van der Waals surface area contributed by atoms with Crippen LogP contribution < -0.4 is 5.32 Å². The van der Waals surface area contributed by atoms with Gasteiger partial charge in [-0.1, -0.05) is 30.0 Å². The van der Waals surface area contributed by atoms with E-state index in [4.69, 9.17) is 9.15 Å². The molecular formula is C19H17N3O4S. The first kappa shape index (κ1) is 17.5. The standard InChI is InChI=1S/C19H17N3O4S/c1-10-11(2)26-17-14(10)15(20-16(23)12-6-4-3-5-7-12)21-19(22-17)27-13-8-9-25-18(13)24/h3-7,13H,8-9H2,1-2H3,(H,20,21,22,23). The van der Waals surface area contributed by atoms with Gasteiger partial charge in [0.25, 0.3) is 5.91 Å². The van der Waals surface area contributed by atoms with Crippen molar-refractivity contribution in [3.05, 3.63) is 47.2 Å². The number of nitrogens with one attached hydrogen (secondary N) is 1. The molecule has 0 bridgehead atoms. The third kappa shape index (κ3) is 3.40. The second-order valence-electron chi connectivity index (χ2n) is 6.20. The first-order valence-electron chi connectivity index (χ1n) is 8.50. The van der Waals surface area contributed by atoms with Crippen molar-refractivity contribution in [3.8, 4) is 0 Å². The minimum absolute atomic E-state index is 0.273. The molecule has 1 atom stereocenters. The molecule has 1 aromatic carbocycles. The van der Waals surface area contributed by atoms with Crippen LogP contribution in [0.15, 0.2) is 39.9 Å². The summed E-state index contributed by atoms with van der Waals surface area (Å²) >= 11 is 1.22. The first-order valence-corrected chi connectivity index (χ1v) is 9.38. The van der Waals surface area contributed by atoms with Crippen molar-refractivity contribution in [1.82, 2.24) is 9.97 Å². The number of esters is 1. The van der Waals surface area contributed by atoms with Crippen molar-refractivity contribution in [1.29, 1.82) is 0 Å². The average molecular weight is 383 g/mol. The third-order valence-electron chi connectivity index (χ3n) is 4.41. The molecule has 8 heteroatoms. The number of carbonyl (C=O) groups is 2. The first-order chi connectivity index (χ1) is 13.0. The summed E-state index contributed by atoms with van der Waals surface area (Å²) in [6.45, 7) is 4.13. The van der Waals surface area contributed by atoms with Crippen LogP contribution in [0.4, 0.5) is 5.82 Å². The number of nitrogens with zero attached hydrogens (tertiary/aromatic N) is 2. The number of carbonyl (C=O) groups excluding carboxylic acids is 2. The van der Waals surface area contributed by atoms with Gasteiger partial charge in [-0.3, -0.25) is 9.59 Å². The second kappa shape index (κ2) is 7.03. The molecule has 4 rings (SSSR count). The van der Waals surface area contributed by atoms with Gasteiger partial charge in [-0.25, -0.2) is 4.98 Å². The van der Waals surface area contributed by atoms with Crippen molar-refractivity contribution in [2.75, 3.05) is 11.9 Å². The van der Waals surface area contributed by atoms with Gasteiger partial charge in [0.05, 0.1) is 12.0 Å². The van der Waals surface area contributed by atoms with Crippen LogP contribution in [0.2, 0.25) is 0 Å². The van der Waals surface area contributed by atoms with E-state index in [9.17, 15) is 9.59 Å². The third-order valence-corrected chi connectivity index (χ3v) is 5.52. The van der Waals surface area contributed by atoms with Gasteiger partial charge in [0.15, 0.2) is 5.16 Å². The molecule has 1 aliphatic rings. The number of amides is 1. The maximum absolute atomic E-state index is 12.6. The molecule has 1 aliphatic heterocycles. The van der Waals surface area contributed by atoms with Gasteiger partial charge in [-0.05, 0) is 26.0 Å². The molecule has 3 aromatic rings. The summed E-state index contributed by atoms with van der Waals surface area (Å²) in [5.74, 6) is 0.532. The Morgan fingerprint density at radius 3 is 2.70 bits per heavy atom. The molecule has 0 radical (unpaired) electrons. The predicted molar refractivity (Wildman–Crippen MR) is 101 cm³/mol. The minimum Gasteiger partial charge on any atom is -0.465 e. The van der Waals surface area contributed by atoms with E-state index in [2.05, 4.69) is 15.3 Å². The fourth-order valence-electron chi connectivity index (χ4n) is 2.85. The van der Waals surface area contributed by atoms with Crippen molar-refractivity contribution < 1.29 is 18.7 Å². The molecule has 1 amide bonds. The summed E-state index contributed by atoms with van der Waals surface area (Å²) in [7, 11) is 0. The molecule has 1 fully saturated rings. The summed E-state index contributed by atoms with van der Waals surface area (Å²) < 4.78 is 10.7. The van der Waals surface area contributed by atoms with E-state index < -0.39 is 0 Å². The van der Waals surface area contributed by atoms with E-state index in [1.807, 2.05) is 19.9 Å². The van der Waals surface area contributed by atoms with Crippen LogP contribution >= 0.6 is 11.8 Å². The average Bonchev–Trinajstić information content (AvgIpc) is 3.19. The number of cyclic esters (lactones) is 1. The van der Waals surface area contributed by atoms with Crippen LogP contribution in [-0.2, 0) is 9.53 Å². The molecule has 2 aromatic heterocycles. The Balaban J connectivity index is 1.72. The number of hydrogen-bond acceptors (Lipinski definition) is 7. The molecule has 3 heterocycles. The van der Waals surface area contributed by atoms with Crippen LogP contribution in [0.25, 0.3) is 11.1 Å². The van der Waals surface area contributed by atoms with Crippen LogP contribution in [0.1, 0.15) is 28.1 Å². The number of benzene rings is 1. The lowest BCUT2D eigenvalue weighted by Crippen LogP contribution is -2.15. The highest BCUT2D eigenvalue weighted by molar-refractivity contribution is 8.00. The zero-order valence-corrected chi connectivity index (χ0v) is 15.6. The lowest BCUT2D eigenvalue weighted by Gasteiger charge is -2.09. The summed E-state index contributed by atoms with van der Waals surface area (Å²) in [5, 5.41) is 3.53. The number of ether oxygens (including phenoxy) is 1. The van der Waals surface area contributed by atoms with Gasteiger partial charge in [0, 0.05) is 17.5 Å². The smallest absolute Gasteiger partial charge is 0.319 e. The molecule has 27 heavy (non-hydrogen) atoms. The van der Waals surface area contributed by atoms with Crippen LogP contribution in [0, 0.1) is 13.8 Å². The number of aryl methyl sites for hydroxylation is 2. The maximum atomic E-state index is 12.6. The monoisotopic (exact) mass is 383 g/mol. The van der Waals surface area contributed by atoms with Gasteiger partial charge in [-0.15, -0.1) is 0 Å². The number of hydrogen-bond donors (Lipinski definition) is 1. The summed E-state index contributed by atoms with van der Waals surface area (Å²) in [6, 6.07) is 8.89. The highest BCUT2D eigenvalue weighted by Crippen LogP contribution is 2.34. The lowest BCUT2D eigenvalue weighted by molar-refractivity contribution is -0.137. The molecule has 0 aliphatic carbocycles. The van der Waals surface area contributed by atoms with Gasteiger partial charge in [-0.2, -0.15) is 4.98 Å². The van der Waals surface area contributed by atoms with Crippen LogP contribution in [0.5, 0.6) is 0 Å². The Morgan fingerprint density at radius 2 is 2.00 bits per heavy atom. The topological polar surface area (TPSA) is 94.3 Å². The molecule has 138 valence electrons. The fraction of sp³-hybridized carbons (Fsp3) is 0.263. The number of rotatable bonds is 4. The number of anilines is 1. The highest BCUT2D eigenvalue weighted by Gasteiger charge is 2.29. The number of thioether (sulfide) groups is 1. The quantitative estimate of drug-likeness (QED) is 0.544. The molecule has 0 spiro atoms. The van der Waals surface area contributed by atoms with Crippen molar-refractivity contribution in [2.45, 2.75) is 30.7 Å². The molecule has 1 N–H and O–H groups in total. The van der Waals surface area contributed by atoms with E-state index in [1.165, 1.54) is 11.8 Å². The molecule has 0 saturated carbocycles.